The Morgan fingerprint density at radius 3 is 2.56 bits per heavy atom. The summed E-state index contributed by atoms with van der Waals surface area (Å²) in [6, 6.07) is 7.59. The summed E-state index contributed by atoms with van der Waals surface area (Å²) < 4.78 is 1.13. The minimum absolute atomic E-state index is 0.00192. The molecule has 0 spiro atoms. The Morgan fingerprint density at radius 2 is 2.00 bits per heavy atom. The van der Waals surface area contributed by atoms with Crippen LogP contribution in [0.2, 0.25) is 0 Å². The standard InChI is InChI=1S/C14H19ClINO/c1-2-3-11(8-9-15)10-17-14(18)12-4-6-13(16)7-5-12/h4-7,11H,2-3,8-10H2,1H3,(H,17,18). The van der Waals surface area contributed by atoms with Gasteiger partial charge in [-0.15, -0.1) is 11.6 Å². The van der Waals surface area contributed by atoms with Crippen LogP contribution < -0.4 is 5.32 Å². The first kappa shape index (κ1) is 15.8. The lowest BCUT2D eigenvalue weighted by molar-refractivity contribution is 0.0946. The Morgan fingerprint density at radius 1 is 1.33 bits per heavy atom. The predicted octanol–water partition coefficient (Wildman–Crippen LogP) is 4.07. The van der Waals surface area contributed by atoms with Crippen LogP contribution in [0, 0.1) is 9.49 Å². The van der Waals surface area contributed by atoms with Crippen molar-refractivity contribution in [2.45, 2.75) is 26.2 Å². The molecule has 100 valence electrons. The van der Waals surface area contributed by atoms with E-state index in [2.05, 4.69) is 34.8 Å². The first-order valence-corrected chi connectivity index (χ1v) is 7.88. The van der Waals surface area contributed by atoms with Gasteiger partial charge in [-0.05, 0) is 65.6 Å². The molecule has 0 aliphatic rings. The minimum Gasteiger partial charge on any atom is -0.352 e. The van der Waals surface area contributed by atoms with Crippen molar-refractivity contribution in [3.8, 4) is 0 Å². The van der Waals surface area contributed by atoms with E-state index in [-0.39, 0.29) is 5.91 Å². The second kappa shape index (κ2) is 8.75. The number of amides is 1. The number of halogens is 2. The van der Waals surface area contributed by atoms with Crippen LogP contribution in [0.4, 0.5) is 0 Å². The maximum Gasteiger partial charge on any atom is 0.251 e. The third-order valence-electron chi connectivity index (χ3n) is 2.87. The van der Waals surface area contributed by atoms with E-state index in [1.54, 1.807) is 0 Å². The average molecular weight is 380 g/mol. The van der Waals surface area contributed by atoms with Crippen molar-refractivity contribution in [2.75, 3.05) is 12.4 Å². The second-order valence-electron chi connectivity index (χ2n) is 4.35. The molecule has 0 saturated carbocycles. The molecule has 1 unspecified atom stereocenters. The molecule has 0 bridgehead atoms. The largest absolute Gasteiger partial charge is 0.352 e. The maximum atomic E-state index is 11.9. The molecule has 2 nitrogen and oxygen atoms in total. The molecule has 0 aliphatic carbocycles. The van der Waals surface area contributed by atoms with E-state index in [0.29, 0.717) is 18.3 Å². The first-order valence-electron chi connectivity index (χ1n) is 6.27. The van der Waals surface area contributed by atoms with E-state index >= 15 is 0 Å². The number of nitrogens with one attached hydrogen (secondary N) is 1. The Kier molecular flexibility index (Phi) is 7.66. The summed E-state index contributed by atoms with van der Waals surface area (Å²) in [5.41, 5.74) is 0.719. The lowest BCUT2D eigenvalue weighted by Gasteiger charge is -2.15. The minimum atomic E-state index is 0.00192. The van der Waals surface area contributed by atoms with Crippen molar-refractivity contribution in [2.24, 2.45) is 5.92 Å². The van der Waals surface area contributed by atoms with Crippen LogP contribution in [-0.2, 0) is 0 Å². The van der Waals surface area contributed by atoms with Gasteiger partial charge in [-0.25, -0.2) is 0 Å². The first-order chi connectivity index (χ1) is 8.67. The summed E-state index contributed by atoms with van der Waals surface area (Å²) in [7, 11) is 0. The highest BCUT2D eigenvalue weighted by Gasteiger charge is 2.10. The van der Waals surface area contributed by atoms with E-state index in [4.69, 9.17) is 11.6 Å². The Hall–Kier alpha value is -0.290. The zero-order valence-corrected chi connectivity index (χ0v) is 13.5. The second-order valence-corrected chi connectivity index (χ2v) is 5.97. The van der Waals surface area contributed by atoms with Crippen LogP contribution in [-0.4, -0.2) is 18.3 Å². The molecule has 1 N–H and O–H groups in total. The van der Waals surface area contributed by atoms with E-state index in [9.17, 15) is 4.79 Å². The molecule has 1 rings (SSSR count). The molecule has 1 aromatic rings. The van der Waals surface area contributed by atoms with Crippen LogP contribution in [0.1, 0.15) is 36.5 Å². The summed E-state index contributed by atoms with van der Waals surface area (Å²) in [4.78, 5) is 11.9. The average Bonchev–Trinajstić information content (AvgIpc) is 2.37. The fourth-order valence-electron chi connectivity index (χ4n) is 1.85. The van der Waals surface area contributed by atoms with Gasteiger partial charge >= 0.3 is 0 Å². The van der Waals surface area contributed by atoms with Crippen molar-refractivity contribution in [3.05, 3.63) is 33.4 Å². The molecule has 18 heavy (non-hydrogen) atoms. The monoisotopic (exact) mass is 379 g/mol. The predicted molar refractivity (Wildman–Crippen MR) is 85.2 cm³/mol. The van der Waals surface area contributed by atoms with E-state index in [0.717, 1.165) is 28.4 Å². The highest BCUT2D eigenvalue weighted by molar-refractivity contribution is 14.1. The number of hydrogen-bond donors (Lipinski definition) is 1. The van der Waals surface area contributed by atoms with E-state index < -0.39 is 0 Å². The quantitative estimate of drug-likeness (QED) is 0.562. The van der Waals surface area contributed by atoms with E-state index in [1.807, 2.05) is 24.3 Å². The number of benzene rings is 1. The van der Waals surface area contributed by atoms with E-state index in [1.165, 1.54) is 0 Å². The van der Waals surface area contributed by atoms with Crippen molar-refractivity contribution in [3.63, 3.8) is 0 Å². The molecule has 0 radical (unpaired) electrons. The lowest BCUT2D eigenvalue weighted by Crippen LogP contribution is -2.29. The normalized spacial score (nSPS) is 12.2. The Balaban J connectivity index is 2.46. The van der Waals surface area contributed by atoms with Gasteiger partial charge in [-0.1, -0.05) is 13.3 Å². The SMILES string of the molecule is CCCC(CCCl)CNC(=O)c1ccc(I)cc1. The van der Waals surface area contributed by atoms with Crippen LogP contribution >= 0.6 is 34.2 Å². The molecule has 1 aromatic carbocycles. The molecule has 0 fully saturated rings. The smallest absolute Gasteiger partial charge is 0.251 e. The molecule has 0 heterocycles. The van der Waals surface area contributed by atoms with Gasteiger partial charge in [0.1, 0.15) is 0 Å². The van der Waals surface area contributed by atoms with Crippen LogP contribution in [0.3, 0.4) is 0 Å². The van der Waals surface area contributed by atoms with Crippen molar-refractivity contribution in [1.82, 2.24) is 5.32 Å². The molecule has 0 aliphatic heterocycles. The van der Waals surface area contributed by atoms with Crippen molar-refractivity contribution in [1.29, 1.82) is 0 Å². The van der Waals surface area contributed by atoms with Crippen LogP contribution in [0.25, 0.3) is 0 Å². The fraction of sp³-hybridized carbons (Fsp3) is 0.500. The van der Waals surface area contributed by atoms with Crippen LogP contribution in [0.5, 0.6) is 0 Å². The molecular weight excluding hydrogens is 361 g/mol. The lowest BCUT2D eigenvalue weighted by atomic mass is 10.0. The van der Waals surface area contributed by atoms with Gasteiger partial charge in [0.25, 0.3) is 5.91 Å². The molecule has 0 aromatic heterocycles. The van der Waals surface area contributed by atoms with Gasteiger partial charge in [-0.2, -0.15) is 0 Å². The van der Waals surface area contributed by atoms with Gasteiger partial charge in [0, 0.05) is 21.6 Å². The number of alkyl halides is 1. The van der Waals surface area contributed by atoms with Crippen LogP contribution in [0.15, 0.2) is 24.3 Å². The van der Waals surface area contributed by atoms with Gasteiger partial charge in [-0.3, -0.25) is 4.79 Å². The number of rotatable bonds is 7. The number of carbonyl (C=O) groups is 1. The summed E-state index contributed by atoms with van der Waals surface area (Å²) in [6.07, 6.45) is 3.20. The van der Waals surface area contributed by atoms with Gasteiger partial charge in [0.05, 0.1) is 0 Å². The molecular formula is C14H19ClINO. The Bertz CT molecular complexity index is 361. The Labute approximate surface area is 128 Å². The molecule has 1 amide bonds. The molecule has 0 saturated heterocycles. The topological polar surface area (TPSA) is 29.1 Å². The summed E-state index contributed by atoms with van der Waals surface area (Å²) >= 11 is 8.00. The summed E-state index contributed by atoms with van der Waals surface area (Å²) in [5.74, 6) is 1.15. The van der Waals surface area contributed by atoms with Gasteiger partial charge < -0.3 is 5.32 Å². The highest BCUT2D eigenvalue weighted by atomic mass is 127. The zero-order chi connectivity index (χ0) is 13.4. The van der Waals surface area contributed by atoms with Gasteiger partial charge in [0.2, 0.25) is 0 Å². The molecule has 4 heteroatoms. The fourth-order valence-corrected chi connectivity index (χ4v) is 2.52. The number of hydrogen-bond acceptors (Lipinski definition) is 1. The molecule has 1 atom stereocenters. The third kappa shape index (κ3) is 5.57. The summed E-state index contributed by atoms with van der Waals surface area (Å²) in [5, 5.41) is 2.99. The maximum absolute atomic E-state index is 11.9. The van der Waals surface area contributed by atoms with Gasteiger partial charge in [0.15, 0.2) is 0 Å². The zero-order valence-electron chi connectivity index (χ0n) is 10.6. The number of carbonyl (C=O) groups excluding carboxylic acids is 1. The summed E-state index contributed by atoms with van der Waals surface area (Å²) in [6.45, 7) is 2.87. The highest BCUT2D eigenvalue weighted by Crippen LogP contribution is 2.12. The third-order valence-corrected chi connectivity index (χ3v) is 3.81. The van der Waals surface area contributed by atoms with Crippen molar-refractivity contribution >= 4 is 40.1 Å². The van der Waals surface area contributed by atoms with Crippen molar-refractivity contribution < 1.29 is 4.79 Å².